The summed E-state index contributed by atoms with van der Waals surface area (Å²) in [5.74, 6) is 0. The molecule has 0 amide bonds. The van der Waals surface area contributed by atoms with Gasteiger partial charge in [-0.05, 0) is 13.3 Å². The minimum atomic E-state index is 0. The Kier molecular flexibility index (Phi) is 30.8. The topological polar surface area (TPSA) is 9.23 Å². The van der Waals surface area contributed by atoms with Crippen LogP contribution in [0.3, 0.4) is 0 Å². The molecular weight excluding hydrogens is 138 g/mol. The Labute approximate surface area is 103 Å². The maximum Gasteiger partial charge on any atom is 1.00 e. The van der Waals surface area contributed by atoms with Gasteiger partial charge in [-0.3, -0.25) is 0 Å². The van der Waals surface area contributed by atoms with Crippen LogP contribution in [0, 0.1) is 0 Å². The molecule has 48 valence electrons. The second-order valence-corrected chi connectivity index (χ2v) is 1.55. The summed E-state index contributed by atoms with van der Waals surface area (Å²) in [6.07, 6.45) is 2.44. The molecule has 0 aromatic rings. The molecule has 0 atom stereocenters. The molecule has 4 radical (unpaired) electrons. The average molecular weight is 152 g/mol. The van der Waals surface area contributed by atoms with E-state index in [0.29, 0.717) is 0 Å². The summed E-state index contributed by atoms with van der Waals surface area (Å²) in [7, 11) is 0. The number of hydrogen-bond donors (Lipinski definition) is 0. The molecule has 0 aliphatic rings. The van der Waals surface area contributed by atoms with Crippen LogP contribution in [-0.4, -0.2) is 21.6 Å². The molecule has 0 spiro atoms. The third-order valence-corrected chi connectivity index (χ3v) is 0.846. The van der Waals surface area contributed by atoms with Crippen molar-refractivity contribution in [2.75, 3.05) is 13.2 Å². The van der Waals surface area contributed by atoms with E-state index in [0.717, 1.165) is 13.2 Å². The van der Waals surface area contributed by atoms with Crippen molar-refractivity contribution < 1.29 is 56.1 Å². The van der Waals surface area contributed by atoms with E-state index in [1.54, 1.807) is 0 Å². The van der Waals surface area contributed by atoms with Gasteiger partial charge in [-0.25, -0.2) is 0 Å². The normalized spacial score (nSPS) is 7.33. The fourth-order valence-electron chi connectivity index (χ4n) is 0.391. The van der Waals surface area contributed by atoms with E-state index in [9.17, 15) is 0 Å². The predicted molar refractivity (Wildman–Crippen MR) is 37.2 cm³/mol. The molecule has 0 N–H and O–H groups in total. The average Bonchev–Trinajstić information content (AvgIpc) is 1.69. The van der Waals surface area contributed by atoms with Crippen molar-refractivity contribution in [1.82, 2.24) is 0 Å². The van der Waals surface area contributed by atoms with E-state index in [2.05, 4.69) is 6.92 Å². The van der Waals surface area contributed by atoms with Crippen LogP contribution in [0.4, 0.5) is 0 Å². The van der Waals surface area contributed by atoms with Crippen LogP contribution in [0.5, 0.6) is 0 Å². The van der Waals surface area contributed by atoms with Gasteiger partial charge in [-0.2, -0.15) is 0 Å². The van der Waals surface area contributed by atoms with Gasteiger partial charge < -0.3 is 13.1 Å². The van der Waals surface area contributed by atoms with Gasteiger partial charge in [-0.1, -0.05) is 13.3 Å². The SMILES string of the molecule is CCCCOCC.[B-].[K+]. The van der Waals surface area contributed by atoms with Gasteiger partial charge in [0.1, 0.15) is 0 Å². The second kappa shape index (κ2) is 16.3. The molecule has 0 fully saturated rings. The van der Waals surface area contributed by atoms with Crippen LogP contribution in [0.25, 0.3) is 0 Å². The quantitative estimate of drug-likeness (QED) is 0.350. The number of unbranched alkanes of at least 4 members (excludes halogenated alkanes) is 1. The van der Waals surface area contributed by atoms with E-state index in [4.69, 9.17) is 4.74 Å². The van der Waals surface area contributed by atoms with E-state index in [1.807, 2.05) is 6.92 Å². The zero-order chi connectivity index (χ0) is 5.54. The number of ether oxygens (including phenoxy) is 1. The second-order valence-electron chi connectivity index (χ2n) is 1.55. The van der Waals surface area contributed by atoms with Gasteiger partial charge in [0.2, 0.25) is 0 Å². The van der Waals surface area contributed by atoms with Crippen molar-refractivity contribution in [3.8, 4) is 0 Å². The maximum absolute atomic E-state index is 5.07. The van der Waals surface area contributed by atoms with Gasteiger partial charge in [0.25, 0.3) is 0 Å². The van der Waals surface area contributed by atoms with Crippen molar-refractivity contribution in [1.29, 1.82) is 0 Å². The van der Waals surface area contributed by atoms with Gasteiger partial charge >= 0.3 is 51.4 Å². The summed E-state index contributed by atoms with van der Waals surface area (Å²) >= 11 is 0. The summed E-state index contributed by atoms with van der Waals surface area (Å²) < 4.78 is 5.07. The van der Waals surface area contributed by atoms with Crippen LogP contribution >= 0.6 is 0 Å². The monoisotopic (exact) mass is 152 g/mol. The van der Waals surface area contributed by atoms with Crippen molar-refractivity contribution in [2.45, 2.75) is 26.7 Å². The zero-order valence-electron chi connectivity index (χ0n) is 6.81. The largest absolute Gasteiger partial charge is 1.00 e. The van der Waals surface area contributed by atoms with Crippen LogP contribution < -0.4 is 51.4 Å². The van der Waals surface area contributed by atoms with Gasteiger partial charge in [0.15, 0.2) is 0 Å². The molecule has 1 nitrogen and oxygen atoms in total. The van der Waals surface area contributed by atoms with Crippen molar-refractivity contribution in [3.05, 3.63) is 0 Å². The molecule has 0 rings (SSSR count). The molecular formula is C6H14BKO. The Bertz CT molecular complexity index is 32.2. The molecule has 0 bridgehead atoms. The summed E-state index contributed by atoms with van der Waals surface area (Å²) in [5, 5.41) is 0. The first-order valence-corrected chi connectivity index (χ1v) is 2.99. The number of rotatable bonds is 4. The zero-order valence-corrected chi connectivity index (χ0v) is 9.94. The molecule has 0 saturated carbocycles. The van der Waals surface area contributed by atoms with E-state index >= 15 is 0 Å². The van der Waals surface area contributed by atoms with Crippen molar-refractivity contribution >= 4 is 8.41 Å². The first-order valence-electron chi connectivity index (χ1n) is 2.99. The molecule has 0 aromatic carbocycles. The minimum Gasteiger partial charge on any atom is -1.00 e. The molecule has 0 saturated heterocycles. The third kappa shape index (κ3) is 17.7. The molecule has 0 aliphatic carbocycles. The summed E-state index contributed by atoms with van der Waals surface area (Å²) in [4.78, 5) is 0. The fourth-order valence-corrected chi connectivity index (χ4v) is 0.391. The Morgan fingerprint density at radius 2 is 1.78 bits per heavy atom. The molecule has 3 heteroatoms. The number of hydrogen-bond acceptors (Lipinski definition) is 1. The Balaban J connectivity index is -0.000000180. The molecule has 0 heterocycles. The van der Waals surface area contributed by atoms with E-state index in [1.165, 1.54) is 12.8 Å². The van der Waals surface area contributed by atoms with Crippen LogP contribution in [0.15, 0.2) is 0 Å². The van der Waals surface area contributed by atoms with Gasteiger partial charge in [0, 0.05) is 13.2 Å². The first-order chi connectivity index (χ1) is 3.41. The fraction of sp³-hybridized carbons (Fsp3) is 1.00. The van der Waals surface area contributed by atoms with Crippen molar-refractivity contribution in [2.24, 2.45) is 0 Å². The third-order valence-electron chi connectivity index (χ3n) is 0.846. The van der Waals surface area contributed by atoms with Crippen LogP contribution in [-0.2, 0) is 4.74 Å². The molecule has 9 heavy (non-hydrogen) atoms. The molecule has 0 unspecified atom stereocenters. The van der Waals surface area contributed by atoms with Gasteiger partial charge in [0.05, 0.1) is 0 Å². The molecule has 0 aromatic heterocycles. The standard InChI is InChI=1S/C6H14O.B.K/c1-3-5-6-7-4-2;;/h3-6H2,1-2H3;;/q;-1;+1. The summed E-state index contributed by atoms with van der Waals surface area (Å²) in [5.41, 5.74) is 0. The van der Waals surface area contributed by atoms with Crippen molar-refractivity contribution in [3.63, 3.8) is 0 Å². The van der Waals surface area contributed by atoms with E-state index in [-0.39, 0.29) is 59.8 Å². The maximum atomic E-state index is 5.07. The predicted octanol–water partition coefficient (Wildman–Crippen LogP) is -1.55. The Hall–Kier alpha value is 1.66. The summed E-state index contributed by atoms with van der Waals surface area (Å²) in [6.45, 7) is 5.99. The van der Waals surface area contributed by atoms with Crippen LogP contribution in [0.2, 0.25) is 0 Å². The van der Waals surface area contributed by atoms with E-state index < -0.39 is 0 Å². The summed E-state index contributed by atoms with van der Waals surface area (Å²) in [6, 6.07) is 0. The smallest absolute Gasteiger partial charge is 1.00 e. The Morgan fingerprint density at radius 3 is 2.11 bits per heavy atom. The minimum absolute atomic E-state index is 0. The molecule has 0 aliphatic heterocycles. The Morgan fingerprint density at radius 1 is 1.22 bits per heavy atom. The van der Waals surface area contributed by atoms with Gasteiger partial charge in [-0.15, -0.1) is 0 Å². The van der Waals surface area contributed by atoms with Crippen LogP contribution in [0.1, 0.15) is 26.7 Å². The first kappa shape index (κ1) is 17.0.